The number of carboxylic acid groups (broad SMARTS) is 1. The number of carbonyl (C=O) groups excluding carboxylic acids is 4. The van der Waals surface area contributed by atoms with E-state index in [4.69, 9.17) is 9.57 Å². The summed E-state index contributed by atoms with van der Waals surface area (Å²) in [6.45, 7) is 4.27. The number of oxime groups is 1. The van der Waals surface area contributed by atoms with Crippen LogP contribution in [0.2, 0.25) is 0 Å². The van der Waals surface area contributed by atoms with E-state index in [1.54, 1.807) is 4.90 Å². The molecule has 2 atom stereocenters. The number of hydrogen-bond donors (Lipinski definition) is 3. The number of hydrogen-bond acceptors (Lipinski definition) is 12. The third-order valence-corrected chi connectivity index (χ3v) is 8.38. The molecule has 1 aromatic rings. The molecule has 3 aliphatic heterocycles. The van der Waals surface area contributed by atoms with Gasteiger partial charge in [0.15, 0.2) is 10.8 Å². The van der Waals surface area contributed by atoms with Crippen LogP contribution < -0.4 is 10.6 Å². The highest BCUT2D eigenvalue weighted by Gasteiger charge is 2.54. The van der Waals surface area contributed by atoms with Gasteiger partial charge in [-0.3, -0.25) is 19.3 Å². The zero-order valence-corrected chi connectivity index (χ0v) is 23.5. The van der Waals surface area contributed by atoms with Crippen LogP contribution in [0.15, 0.2) is 21.8 Å². The van der Waals surface area contributed by atoms with Crippen LogP contribution in [-0.2, 0) is 28.8 Å². The molecule has 0 radical (unpaired) electrons. The van der Waals surface area contributed by atoms with Gasteiger partial charge >= 0.3 is 12.1 Å². The first-order chi connectivity index (χ1) is 19.2. The second kappa shape index (κ2) is 13.1. The SMILES string of the molecule is CCCON=C(C(=O)NC1C(=O)N2C(C(=O)O)=C(COC(=O)N3CCN(C)CC3)CS[C@@H]12)c1csc(NC=O)n1. The number of carboxylic acids is 1. The summed E-state index contributed by atoms with van der Waals surface area (Å²) >= 11 is 2.32. The van der Waals surface area contributed by atoms with Crippen LogP contribution in [0.5, 0.6) is 0 Å². The Bertz CT molecular complexity index is 1230. The molecule has 0 saturated carbocycles. The quantitative estimate of drug-likeness (QED) is 0.103. The van der Waals surface area contributed by atoms with Crippen molar-refractivity contribution in [1.29, 1.82) is 0 Å². The summed E-state index contributed by atoms with van der Waals surface area (Å²) in [5.41, 5.74) is -0.0170. The van der Waals surface area contributed by atoms with Gasteiger partial charge in [-0.1, -0.05) is 12.1 Å². The Hall–Kier alpha value is -3.70. The minimum Gasteiger partial charge on any atom is -0.477 e. The zero-order chi connectivity index (χ0) is 28.8. The number of β-lactam (4-membered cyclic amide) rings is 1. The molecule has 4 rings (SSSR count). The summed E-state index contributed by atoms with van der Waals surface area (Å²) < 4.78 is 5.38. The monoisotopic (exact) mass is 595 g/mol. The van der Waals surface area contributed by atoms with Gasteiger partial charge < -0.3 is 35.1 Å². The molecular weight excluding hydrogens is 566 g/mol. The van der Waals surface area contributed by atoms with Crippen molar-refractivity contribution >= 4 is 64.2 Å². The van der Waals surface area contributed by atoms with Crippen molar-refractivity contribution in [2.45, 2.75) is 24.8 Å². The summed E-state index contributed by atoms with van der Waals surface area (Å²) in [5.74, 6) is -2.51. The summed E-state index contributed by atoms with van der Waals surface area (Å²) in [7, 11) is 1.96. The van der Waals surface area contributed by atoms with Crippen LogP contribution in [-0.4, -0.2) is 124 Å². The van der Waals surface area contributed by atoms with Crippen molar-refractivity contribution in [2.24, 2.45) is 5.16 Å². The molecule has 1 unspecified atom stereocenters. The van der Waals surface area contributed by atoms with E-state index >= 15 is 0 Å². The molecule has 4 heterocycles. The van der Waals surface area contributed by atoms with Gasteiger partial charge in [-0.25, -0.2) is 14.6 Å². The number of thioether (sulfide) groups is 1. The van der Waals surface area contributed by atoms with E-state index in [-0.39, 0.29) is 41.2 Å². The van der Waals surface area contributed by atoms with E-state index in [1.807, 2.05) is 14.0 Å². The van der Waals surface area contributed by atoms with Crippen molar-refractivity contribution < 1.29 is 38.7 Å². The van der Waals surface area contributed by atoms with E-state index in [9.17, 15) is 29.1 Å². The molecule has 0 aromatic carbocycles. The predicted octanol–water partition coefficient (Wildman–Crippen LogP) is -0.0353. The Labute approximate surface area is 237 Å². The number of nitrogens with one attached hydrogen (secondary N) is 2. The van der Waals surface area contributed by atoms with E-state index in [1.165, 1.54) is 17.1 Å². The van der Waals surface area contributed by atoms with Gasteiger partial charge in [0, 0.05) is 42.9 Å². The number of nitrogens with zero attached hydrogens (tertiary/aromatic N) is 5. The molecule has 216 valence electrons. The minimum atomic E-state index is -1.33. The third-order valence-electron chi connectivity index (χ3n) is 6.26. The molecule has 0 aliphatic carbocycles. The Morgan fingerprint density at radius 3 is 2.70 bits per heavy atom. The lowest BCUT2D eigenvalue weighted by Gasteiger charge is -2.49. The van der Waals surface area contributed by atoms with Gasteiger partial charge in [0.25, 0.3) is 11.8 Å². The number of amides is 4. The third kappa shape index (κ3) is 6.37. The number of aromatic nitrogens is 1. The molecule has 3 aliphatic rings. The van der Waals surface area contributed by atoms with Crippen LogP contribution in [0, 0.1) is 0 Å². The molecular formula is C23H29N7O8S2. The van der Waals surface area contributed by atoms with Gasteiger partial charge in [0.05, 0.1) is 0 Å². The van der Waals surface area contributed by atoms with Crippen molar-refractivity contribution in [3.8, 4) is 0 Å². The topological polar surface area (TPSA) is 183 Å². The number of ether oxygens (including phenoxy) is 1. The van der Waals surface area contributed by atoms with Gasteiger partial charge in [-0.15, -0.1) is 23.1 Å². The second-order valence-electron chi connectivity index (χ2n) is 9.04. The number of fused-ring (bicyclic) bond motifs is 1. The summed E-state index contributed by atoms with van der Waals surface area (Å²) in [6, 6.07) is -1.02. The molecule has 17 heteroatoms. The molecule has 40 heavy (non-hydrogen) atoms. The standard InChI is InChI=1S/C23H29N7O8S2/c1-3-8-38-27-15(14-11-40-22(25-14)24-12-31)18(32)26-16-19(33)30-17(21(34)35)13(10-39-20(16)30)9-37-23(36)29-6-4-28(2)5-7-29/h11-12,16,20H,3-10H2,1-2H3,(H,26,32)(H,34,35)(H,24,25,31)/t16?,20-/m0/s1. The zero-order valence-electron chi connectivity index (χ0n) is 21.8. The number of carbonyl (C=O) groups is 5. The minimum absolute atomic E-state index is 0.137. The molecule has 1 aromatic heterocycles. The van der Waals surface area contributed by atoms with Crippen molar-refractivity contribution in [2.75, 3.05) is 57.5 Å². The Morgan fingerprint density at radius 1 is 1.27 bits per heavy atom. The Morgan fingerprint density at radius 2 is 2.02 bits per heavy atom. The molecule has 4 amide bonds. The van der Waals surface area contributed by atoms with Crippen LogP contribution in [0.1, 0.15) is 19.0 Å². The average Bonchev–Trinajstić information content (AvgIpc) is 3.40. The fourth-order valence-corrected chi connectivity index (χ4v) is 6.12. The van der Waals surface area contributed by atoms with E-state index in [0.29, 0.717) is 44.6 Å². The molecule has 0 bridgehead atoms. The lowest BCUT2D eigenvalue weighted by Crippen LogP contribution is -2.71. The summed E-state index contributed by atoms with van der Waals surface area (Å²) in [6.07, 6.45) is 0.548. The van der Waals surface area contributed by atoms with Crippen molar-refractivity contribution in [1.82, 2.24) is 25.0 Å². The van der Waals surface area contributed by atoms with Gasteiger partial charge in [-0.2, -0.15) is 0 Å². The van der Waals surface area contributed by atoms with Crippen molar-refractivity contribution in [3.05, 3.63) is 22.3 Å². The lowest BCUT2D eigenvalue weighted by molar-refractivity contribution is -0.150. The highest BCUT2D eigenvalue weighted by Crippen LogP contribution is 2.40. The summed E-state index contributed by atoms with van der Waals surface area (Å²) in [5, 5.41) is 19.8. The first kappa shape index (κ1) is 29.3. The normalized spacial score (nSPS) is 21.4. The number of rotatable bonds is 11. The fraction of sp³-hybridized carbons (Fsp3) is 0.522. The first-order valence-corrected chi connectivity index (χ1v) is 14.3. The number of anilines is 1. The largest absolute Gasteiger partial charge is 0.477 e. The number of aliphatic carboxylic acids is 1. The van der Waals surface area contributed by atoms with Gasteiger partial charge in [-0.05, 0) is 13.5 Å². The predicted molar refractivity (Wildman–Crippen MR) is 145 cm³/mol. The smallest absolute Gasteiger partial charge is 0.410 e. The van der Waals surface area contributed by atoms with Crippen LogP contribution in [0.4, 0.5) is 9.93 Å². The van der Waals surface area contributed by atoms with Crippen LogP contribution in [0.3, 0.4) is 0 Å². The number of piperazine rings is 1. The van der Waals surface area contributed by atoms with Crippen LogP contribution in [0.25, 0.3) is 0 Å². The average molecular weight is 596 g/mol. The van der Waals surface area contributed by atoms with Gasteiger partial charge in [0.1, 0.15) is 36.0 Å². The molecule has 2 fully saturated rings. The highest BCUT2D eigenvalue weighted by molar-refractivity contribution is 8.00. The Balaban J connectivity index is 1.44. The maximum absolute atomic E-state index is 13.1. The summed E-state index contributed by atoms with van der Waals surface area (Å²) in [4.78, 5) is 75.6. The number of thiazole rings is 1. The van der Waals surface area contributed by atoms with E-state index < -0.39 is 35.3 Å². The Kier molecular flexibility index (Phi) is 9.59. The van der Waals surface area contributed by atoms with E-state index in [2.05, 4.69) is 25.7 Å². The lowest BCUT2D eigenvalue weighted by atomic mass is 10.0. The molecule has 2 saturated heterocycles. The molecule has 15 nitrogen and oxygen atoms in total. The van der Waals surface area contributed by atoms with Gasteiger partial charge in [0.2, 0.25) is 6.41 Å². The molecule has 0 spiro atoms. The highest BCUT2D eigenvalue weighted by atomic mass is 32.2. The van der Waals surface area contributed by atoms with Crippen LogP contribution >= 0.6 is 23.1 Å². The maximum atomic E-state index is 13.1. The van der Waals surface area contributed by atoms with Crippen molar-refractivity contribution in [3.63, 3.8) is 0 Å². The fourth-order valence-electron chi connectivity index (χ4n) is 4.14. The van der Waals surface area contributed by atoms with E-state index in [0.717, 1.165) is 16.2 Å². The second-order valence-corrected chi connectivity index (χ2v) is 11.0. The first-order valence-electron chi connectivity index (χ1n) is 12.4. The molecule has 3 N–H and O–H groups in total. The number of likely N-dealkylation sites (N-methyl/N-ethyl adjacent to an activating group) is 1. The maximum Gasteiger partial charge on any atom is 0.410 e.